The third kappa shape index (κ3) is 8.83. The van der Waals surface area contributed by atoms with Crippen LogP contribution in [0.3, 0.4) is 0 Å². The Morgan fingerprint density at radius 2 is 1.80 bits per heavy atom. The summed E-state index contributed by atoms with van der Waals surface area (Å²) in [5.74, 6) is 1.12. The number of carbonyl (C=O) groups excluding carboxylic acids is 2. The van der Waals surface area contributed by atoms with E-state index in [4.69, 9.17) is 4.52 Å². The molecular formula is C28H33N3O3S. The van der Waals surface area contributed by atoms with Gasteiger partial charge in [-0.2, -0.15) is 0 Å². The highest BCUT2D eigenvalue weighted by atomic mass is 32.2. The lowest BCUT2D eigenvalue weighted by Gasteiger charge is -2.04. The molecule has 1 aromatic heterocycles. The number of aromatic nitrogens is 1. The van der Waals surface area contributed by atoms with E-state index in [0.29, 0.717) is 23.8 Å². The Morgan fingerprint density at radius 1 is 1.03 bits per heavy atom. The van der Waals surface area contributed by atoms with Crippen molar-refractivity contribution in [3.8, 4) is 11.3 Å². The van der Waals surface area contributed by atoms with Crippen LogP contribution in [0, 0.1) is 6.92 Å². The van der Waals surface area contributed by atoms with Crippen molar-refractivity contribution in [2.75, 3.05) is 18.8 Å². The molecule has 0 fully saturated rings. The maximum absolute atomic E-state index is 12.0. The van der Waals surface area contributed by atoms with Crippen molar-refractivity contribution >= 4 is 28.5 Å². The molecule has 1 N–H and O–H groups in total. The van der Waals surface area contributed by atoms with Gasteiger partial charge in [-0.15, -0.1) is 11.8 Å². The normalized spacial score (nSPS) is 13.1. The molecule has 6 nitrogen and oxygen atoms in total. The number of nitrogens with zero attached hydrogens (tertiary/aromatic N) is 2. The molecule has 0 unspecified atom stereocenters. The van der Waals surface area contributed by atoms with Gasteiger partial charge in [0.15, 0.2) is 17.2 Å². The Balaban J connectivity index is 0.000000196. The average Bonchev–Trinajstić information content (AvgIpc) is 3.25. The Morgan fingerprint density at radius 3 is 2.54 bits per heavy atom. The van der Waals surface area contributed by atoms with Crippen LogP contribution in [0.1, 0.15) is 65.4 Å². The van der Waals surface area contributed by atoms with E-state index >= 15 is 0 Å². The van der Waals surface area contributed by atoms with E-state index in [1.807, 2.05) is 68.4 Å². The molecule has 0 aliphatic carbocycles. The summed E-state index contributed by atoms with van der Waals surface area (Å²) in [5.41, 5.74) is 3.22. The van der Waals surface area contributed by atoms with Gasteiger partial charge in [-0.25, -0.2) is 0 Å². The van der Waals surface area contributed by atoms with Gasteiger partial charge in [-0.05, 0) is 32.6 Å². The Hall–Kier alpha value is -3.19. The van der Waals surface area contributed by atoms with Crippen LogP contribution in [-0.2, 0) is 0 Å². The summed E-state index contributed by atoms with van der Waals surface area (Å²) < 4.78 is 5.14. The number of benzene rings is 2. The summed E-state index contributed by atoms with van der Waals surface area (Å²) in [6.45, 7) is 5.61. The van der Waals surface area contributed by atoms with Crippen molar-refractivity contribution in [3.63, 3.8) is 0 Å². The monoisotopic (exact) mass is 491 g/mol. The molecule has 35 heavy (non-hydrogen) atoms. The first kappa shape index (κ1) is 26.4. The average molecular weight is 492 g/mol. The largest absolute Gasteiger partial charge is 0.355 e. The highest BCUT2D eigenvalue weighted by Gasteiger charge is 2.13. The fourth-order valence-electron chi connectivity index (χ4n) is 3.39. The van der Waals surface area contributed by atoms with E-state index in [1.54, 1.807) is 17.8 Å². The summed E-state index contributed by atoms with van der Waals surface area (Å²) in [5, 5.41) is 7.67. The van der Waals surface area contributed by atoms with E-state index in [-0.39, 0.29) is 11.7 Å². The first-order valence-electron chi connectivity index (χ1n) is 12.1. The van der Waals surface area contributed by atoms with Crippen LogP contribution in [0.5, 0.6) is 0 Å². The fraction of sp³-hybridized carbons (Fsp3) is 0.357. The lowest BCUT2D eigenvalue weighted by Crippen LogP contribution is -2.24. The van der Waals surface area contributed by atoms with Crippen LogP contribution in [0.2, 0.25) is 0 Å². The Bertz CT molecular complexity index is 1110. The topological polar surface area (TPSA) is 84.6 Å². The van der Waals surface area contributed by atoms with Crippen LogP contribution in [0.25, 0.3) is 11.3 Å². The number of carbonyl (C=O) groups is 2. The zero-order chi connectivity index (χ0) is 24.9. The SMILES string of the molecule is CCCNC(=O)c1cc(-c2ccccc2)on1.Cc1ccc(C(=O)CSC2=NCCCCC2)cc1. The zero-order valence-corrected chi connectivity index (χ0v) is 21.3. The first-order chi connectivity index (χ1) is 17.1. The maximum Gasteiger partial charge on any atom is 0.273 e. The van der Waals surface area contributed by atoms with Crippen molar-refractivity contribution < 1.29 is 14.1 Å². The van der Waals surface area contributed by atoms with Gasteiger partial charge in [-0.1, -0.05) is 78.7 Å². The summed E-state index contributed by atoms with van der Waals surface area (Å²) in [6, 6.07) is 19.0. The van der Waals surface area contributed by atoms with E-state index in [9.17, 15) is 9.59 Å². The summed E-state index contributed by atoms with van der Waals surface area (Å²) in [4.78, 5) is 28.2. The number of amides is 1. The molecule has 4 rings (SSSR count). The highest BCUT2D eigenvalue weighted by molar-refractivity contribution is 8.14. The molecule has 3 aromatic rings. The summed E-state index contributed by atoms with van der Waals surface area (Å²) >= 11 is 1.62. The minimum absolute atomic E-state index is 0.196. The Labute approximate surface area is 211 Å². The Kier molecular flexibility index (Phi) is 10.8. The molecule has 7 heteroatoms. The van der Waals surface area contributed by atoms with Gasteiger partial charge in [-0.3, -0.25) is 14.6 Å². The second kappa shape index (κ2) is 14.3. The number of hydrogen-bond donors (Lipinski definition) is 1. The molecule has 1 aliphatic rings. The van der Waals surface area contributed by atoms with E-state index in [1.165, 1.54) is 24.8 Å². The number of aryl methyl sites for hydroxylation is 1. The molecule has 1 aliphatic heterocycles. The van der Waals surface area contributed by atoms with Crippen molar-refractivity contribution in [2.24, 2.45) is 4.99 Å². The van der Waals surface area contributed by atoms with Crippen molar-refractivity contribution in [2.45, 2.75) is 46.0 Å². The molecule has 0 atom stereocenters. The number of hydrogen-bond acceptors (Lipinski definition) is 6. The van der Waals surface area contributed by atoms with E-state index in [2.05, 4.69) is 15.5 Å². The number of Topliss-reactive ketones (excluding diaryl/α,β-unsaturated/α-hetero) is 1. The van der Waals surface area contributed by atoms with E-state index in [0.717, 1.165) is 35.6 Å². The highest BCUT2D eigenvalue weighted by Crippen LogP contribution is 2.20. The van der Waals surface area contributed by atoms with Crippen LogP contribution in [-0.4, -0.2) is 40.7 Å². The molecule has 2 aromatic carbocycles. The zero-order valence-electron chi connectivity index (χ0n) is 20.5. The van der Waals surface area contributed by atoms with Crippen molar-refractivity contribution in [1.82, 2.24) is 10.5 Å². The number of ketones is 1. The van der Waals surface area contributed by atoms with Crippen LogP contribution in [0.4, 0.5) is 0 Å². The van der Waals surface area contributed by atoms with Gasteiger partial charge in [0.25, 0.3) is 5.91 Å². The van der Waals surface area contributed by atoms with Crippen molar-refractivity contribution in [3.05, 3.63) is 77.5 Å². The van der Waals surface area contributed by atoms with Gasteiger partial charge in [0.1, 0.15) is 0 Å². The fourth-order valence-corrected chi connectivity index (χ4v) is 4.32. The number of aliphatic imine (C=N–C) groups is 1. The van der Waals surface area contributed by atoms with Crippen LogP contribution < -0.4 is 5.32 Å². The number of rotatable bonds is 7. The minimum atomic E-state index is -0.196. The predicted octanol–water partition coefficient (Wildman–Crippen LogP) is 6.36. The molecule has 184 valence electrons. The standard InChI is InChI=1S/C15H19NOS.C13H14N2O2/c1-12-6-8-13(9-7-12)14(17)11-18-15-5-3-2-4-10-16-15;1-2-8-14-13(16)11-9-12(17-15-11)10-6-4-3-5-7-10/h6-9H,2-5,10-11H2,1H3;3-7,9H,2,8H2,1H3,(H,14,16). The van der Waals surface area contributed by atoms with Gasteiger partial charge in [0.05, 0.1) is 10.8 Å². The molecular weight excluding hydrogens is 458 g/mol. The maximum atomic E-state index is 12.0. The number of nitrogens with one attached hydrogen (secondary N) is 1. The van der Waals surface area contributed by atoms with Gasteiger partial charge in [0, 0.05) is 30.3 Å². The van der Waals surface area contributed by atoms with Crippen LogP contribution >= 0.6 is 11.8 Å². The molecule has 0 spiro atoms. The molecule has 0 saturated heterocycles. The smallest absolute Gasteiger partial charge is 0.273 e. The molecule has 0 radical (unpaired) electrons. The second-order valence-electron chi connectivity index (χ2n) is 8.36. The third-order valence-electron chi connectivity index (χ3n) is 5.42. The second-order valence-corrected chi connectivity index (χ2v) is 9.41. The van der Waals surface area contributed by atoms with Gasteiger partial charge < -0.3 is 9.84 Å². The molecule has 0 bridgehead atoms. The summed E-state index contributed by atoms with van der Waals surface area (Å²) in [7, 11) is 0. The number of thioether (sulfide) groups is 1. The van der Waals surface area contributed by atoms with Crippen molar-refractivity contribution in [1.29, 1.82) is 0 Å². The third-order valence-corrected chi connectivity index (χ3v) is 6.49. The molecule has 1 amide bonds. The summed E-state index contributed by atoms with van der Waals surface area (Å²) in [6.07, 6.45) is 5.61. The van der Waals surface area contributed by atoms with E-state index < -0.39 is 0 Å². The lowest BCUT2D eigenvalue weighted by molar-refractivity contribution is 0.0944. The lowest BCUT2D eigenvalue weighted by atomic mass is 10.1. The van der Waals surface area contributed by atoms with Gasteiger partial charge >= 0.3 is 0 Å². The van der Waals surface area contributed by atoms with Gasteiger partial charge in [0.2, 0.25) is 0 Å². The predicted molar refractivity (Wildman–Crippen MR) is 143 cm³/mol. The quantitative estimate of drug-likeness (QED) is 0.389. The molecule has 2 heterocycles. The first-order valence-corrected chi connectivity index (χ1v) is 13.1. The molecule has 0 saturated carbocycles. The minimum Gasteiger partial charge on any atom is -0.355 e. The van der Waals surface area contributed by atoms with Crippen LogP contribution in [0.15, 0.2) is 70.2 Å².